The van der Waals surface area contributed by atoms with Crippen molar-refractivity contribution in [2.45, 2.75) is 18.0 Å². The summed E-state index contributed by atoms with van der Waals surface area (Å²) in [4.78, 5) is 0.146. The van der Waals surface area contributed by atoms with Crippen LogP contribution in [0.4, 0.5) is 5.69 Å². The van der Waals surface area contributed by atoms with Crippen LogP contribution in [0.15, 0.2) is 47.4 Å². The Morgan fingerprint density at radius 1 is 1.27 bits per heavy atom. The van der Waals surface area contributed by atoms with Crippen molar-refractivity contribution < 1.29 is 18.1 Å². The Balaban J connectivity index is 1.90. The Bertz CT molecular complexity index is 810. The molecule has 1 aliphatic heterocycles. The molecular formula is C14H15BN2O4S. The SMILES string of the molecule is NCc1cccc(S(=O)(=O)Nc2ccc3c(c2)B(O)OC3)c1. The fourth-order valence-electron chi connectivity index (χ4n) is 2.33. The zero-order chi connectivity index (χ0) is 15.7. The second-order valence-electron chi connectivity index (χ2n) is 5.03. The summed E-state index contributed by atoms with van der Waals surface area (Å²) < 4.78 is 32.4. The van der Waals surface area contributed by atoms with E-state index < -0.39 is 17.1 Å². The Hall–Kier alpha value is -1.87. The van der Waals surface area contributed by atoms with Gasteiger partial charge in [0, 0.05) is 12.2 Å². The molecule has 0 aliphatic carbocycles. The maximum atomic E-state index is 12.4. The summed E-state index contributed by atoms with van der Waals surface area (Å²) in [5.41, 5.74) is 8.07. The molecule has 0 bridgehead atoms. The predicted molar refractivity (Wildman–Crippen MR) is 84.0 cm³/mol. The van der Waals surface area contributed by atoms with Crippen LogP contribution in [0.2, 0.25) is 0 Å². The van der Waals surface area contributed by atoms with E-state index in [1.54, 1.807) is 30.3 Å². The summed E-state index contributed by atoms with van der Waals surface area (Å²) in [7, 11) is -4.72. The lowest BCUT2D eigenvalue weighted by molar-refractivity contribution is 0.275. The van der Waals surface area contributed by atoms with E-state index in [1.807, 2.05) is 0 Å². The number of benzene rings is 2. The van der Waals surface area contributed by atoms with Gasteiger partial charge in [-0.3, -0.25) is 4.72 Å². The van der Waals surface area contributed by atoms with Crippen molar-refractivity contribution in [3.63, 3.8) is 0 Å². The van der Waals surface area contributed by atoms with Crippen LogP contribution in [0.5, 0.6) is 0 Å². The first kappa shape index (κ1) is 15.0. The standard InChI is InChI=1S/C14H15BN2O4S/c16-8-10-2-1-3-13(6-10)22(19,20)17-12-5-4-11-9-21-15(18)14(11)7-12/h1-7,17-18H,8-9,16H2. The molecule has 0 atom stereocenters. The number of hydrogen-bond donors (Lipinski definition) is 3. The average Bonchev–Trinajstić information content (AvgIpc) is 2.88. The monoisotopic (exact) mass is 318 g/mol. The second kappa shape index (κ2) is 5.73. The number of sulfonamides is 1. The topological polar surface area (TPSA) is 102 Å². The molecule has 0 unspecified atom stereocenters. The molecule has 114 valence electrons. The molecule has 0 aromatic heterocycles. The molecule has 22 heavy (non-hydrogen) atoms. The van der Waals surface area contributed by atoms with Gasteiger partial charge in [-0.05, 0) is 40.9 Å². The first-order chi connectivity index (χ1) is 10.5. The highest BCUT2D eigenvalue weighted by Gasteiger charge is 2.27. The van der Waals surface area contributed by atoms with Crippen molar-refractivity contribution in [2.75, 3.05) is 4.72 Å². The fraction of sp³-hybridized carbons (Fsp3) is 0.143. The van der Waals surface area contributed by atoms with Crippen molar-refractivity contribution in [2.24, 2.45) is 5.73 Å². The minimum atomic E-state index is -3.71. The summed E-state index contributed by atoms with van der Waals surface area (Å²) in [6.45, 7) is 0.591. The van der Waals surface area contributed by atoms with Crippen molar-refractivity contribution in [1.29, 1.82) is 0 Å². The maximum Gasteiger partial charge on any atom is 0.491 e. The molecule has 2 aromatic rings. The lowest BCUT2D eigenvalue weighted by atomic mass is 9.79. The molecule has 0 amide bonds. The number of rotatable bonds is 4. The highest BCUT2D eigenvalue weighted by molar-refractivity contribution is 7.92. The molecule has 2 aromatic carbocycles. The Morgan fingerprint density at radius 2 is 2.09 bits per heavy atom. The third-order valence-electron chi connectivity index (χ3n) is 3.51. The fourth-order valence-corrected chi connectivity index (χ4v) is 3.45. The van der Waals surface area contributed by atoms with Gasteiger partial charge in [-0.2, -0.15) is 0 Å². The normalized spacial score (nSPS) is 14.0. The molecule has 0 saturated heterocycles. The molecule has 4 N–H and O–H groups in total. The van der Waals surface area contributed by atoms with E-state index in [2.05, 4.69) is 4.72 Å². The van der Waals surface area contributed by atoms with Crippen LogP contribution in [-0.2, 0) is 27.8 Å². The van der Waals surface area contributed by atoms with E-state index >= 15 is 0 Å². The summed E-state index contributed by atoms with van der Waals surface area (Å²) in [5, 5.41) is 9.68. The van der Waals surface area contributed by atoms with Gasteiger partial charge in [-0.15, -0.1) is 0 Å². The van der Waals surface area contributed by atoms with Gasteiger partial charge in [-0.25, -0.2) is 8.42 Å². The number of nitrogens with two attached hydrogens (primary N) is 1. The van der Waals surface area contributed by atoms with Crippen LogP contribution >= 0.6 is 0 Å². The zero-order valence-electron chi connectivity index (χ0n) is 11.7. The summed E-state index contributed by atoms with van der Waals surface area (Å²) in [6.07, 6.45) is 0. The van der Waals surface area contributed by atoms with Gasteiger partial charge >= 0.3 is 7.12 Å². The van der Waals surface area contributed by atoms with Crippen molar-refractivity contribution in [1.82, 2.24) is 0 Å². The van der Waals surface area contributed by atoms with Crippen LogP contribution in [0.25, 0.3) is 0 Å². The lowest BCUT2D eigenvalue weighted by Crippen LogP contribution is -2.28. The highest BCUT2D eigenvalue weighted by atomic mass is 32.2. The van der Waals surface area contributed by atoms with Crippen LogP contribution in [0.3, 0.4) is 0 Å². The van der Waals surface area contributed by atoms with Gasteiger partial charge in [0.05, 0.1) is 11.5 Å². The van der Waals surface area contributed by atoms with E-state index in [4.69, 9.17) is 10.4 Å². The summed E-state index contributed by atoms with van der Waals surface area (Å²) in [6, 6.07) is 11.4. The third kappa shape index (κ3) is 2.86. The van der Waals surface area contributed by atoms with E-state index in [0.29, 0.717) is 17.8 Å². The maximum absolute atomic E-state index is 12.4. The first-order valence-electron chi connectivity index (χ1n) is 6.74. The Labute approximate surface area is 129 Å². The Kier molecular flexibility index (Phi) is 3.92. The average molecular weight is 318 g/mol. The van der Waals surface area contributed by atoms with Gasteiger partial charge in [-0.1, -0.05) is 18.2 Å². The van der Waals surface area contributed by atoms with Crippen molar-refractivity contribution in [3.05, 3.63) is 53.6 Å². The second-order valence-corrected chi connectivity index (χ2v) is 6.72. The molecule has 0 spiro atoms. The minimum absolute atomic E-state index is 0.146. The predicted octanol–water partition coefficient (Wildman–Crippen LogP) is 0.164. The van der Waals surface area contributed by atoms with Gasteiger partial charge in [0.2, 0.25) is 0 Å². The smallest absolute Gasteiger partial charge is 0.423 e. The van der Waals surface area contributed by atoms with Gasteiger partial charge in [0.15, 0.2) is 0 Å². The van der Waals surface area contributed by atoms with Gasteiger partial charge in [0.25, 0.3) is 10.0 Å². The third-order valence-corrected chi connectivity index (χ3v) is 4.88. The number of anilines is 1. The molecule has 0 radical (unpaired) electrons. The van der Waals surface area contributed by atoms with E-state index in [0.717, 1.165) is 11.1 Å². The van der Waals surface area contributed by atoms with Crippen LogP contribution in [0.1, 0.15) is 11.1 Å². The molecule has 0 saturated carbocycles. The summed E-state index contributed by atoms with van der Waals surface area (Å²) >= 11 is 0. The zero-order valence-corrected chi connectivity index (χ0v) is 12.5. The lowest BCUT2D eigenvalue weighted by Gasteiger charge is -2.10. The molecule has 0 fully saturated rings. The molecule has 1 aliphatic rings. The molecule has 6 nitrogen and oxygen atoms in total. The largest absolute Gasteiger partial charge is 0.491 e. The van der Waals surface area contributed by atoms with E-state index in [1.165, 1.54) is 12.1 Å². The minimum Gasteiger partial charge on any atom is -0.423 e. The quantitative estimate of drug-likeness (QED) is 0.697. The van der Waals surface area contributed by atoms with Gasteiger partial charge in [0.1, 0.15) is 0 Å². The number of hydrogen-bond acceptors (Lipinski definition) is 5. The number of nitrogens with one attached hydrogen (secondary N) is 1. The van der Waals surface area contributed by atoms with Gasteiger partial charge < -0.3 is 15.4 Å². The molecule has 3 rings (SSSR count). The van der Waals surface area contributed by atoms with Crippen molar-refractivity contribution in [3.8, 4) is 0 Å². The van der Waals surface area contributed by atoms with Crippen LogP contribution in [0, 0.1) is 0 Å². The molecular weight excluding hydrogens is 303 g/mol. The first-order valence-corrected chi connectivity index (χ1v) is 8.22. The highest BCUT2D eigenvalue weighted by Crippen LogP contribution is 2.19. The Morgan fingerprint density at radius 3 is 2.86 bits per heavy atom. The molecule has 1 heterocycles. The van der Waals surface area contributed by atoms with Crippen LogP contribution < -0.4 is 15.9 Å². The number of fused-ring (bicyclic) bond motifs is 1. The summed E-state index contributed by atoms with van der Waals surface area (Å²) in [5.74, 6) is 0. The van der Waals surface area contributed by atoms with E-state index in [-0.39, 0.29) is 11.4 Å². The van der Waals surface area contributed by atoms with Crippen molar-refractivity contribution >= 4 is 28.3 Å². The van der Waals surface area contributed by atoms with Crippen LogP contribution in [-0.4, -0.2) is 20.6 Å². The molecule has 8 heteroatoms. The van der Waals surface area contributed by atoms with E-state index in [9.17, 15) is 13.4 Å².